The summed E-state index contributed by atoms with van der Waals surface area (Å²) in [5.41, 5.74) is 0. The van der Waals surface area contributed by atoms with Crippen LogP contribution < -0.4 is 0 Å². The van der Waals surface area contributed by atoms with Gasteiger partial charge in [-0.05, 0) is 6.92 Å². The van der Waals surface area contributed by atoms with Crippen LogP contribution in [0.4, 0.5) is 0 Å². The Bertz CT molecular complexity index is 125. The topological polar surface area (TPSA) is 94.5 Å². The van der Waals surface area contributed by atoms with E-state index in [1.807, 2.05) is 0 Å². The largest absolute Gasteiger partial charge is 0.726 e. The molecule has 0 saturated heterocycles. The van der Waals surface area contributed by atoms with Gasteiger partial charge in [0.2, 0.25) is 10.4 Å². The van der Waals surface area contributed by atoms with E-state index >= 15 is 0 Å². The lowest BCUT2D eigenvalue weighted by molar-refractivity contribution is -0.106. The highest BCUT2D eigenvalue weighted by atomic mass is 32.3. The Hall–Kier alpha value is -0.460. The minimum absolute atomic E-state index is 0.750. The molecule has 0 rings (SSSR count). The molecule has 0 fully saturated rings. The molecule has 0 amide bonds. The number of carbonyl (C=O) groups is 1. The predicted octanol–water partition coefficient (Wildman–Crippen LogP) is -0.790. The summed E-state index contributed by atoms with van der Waals surface area (Å²) >= 11 is 0. The molecule has 0 unspecified atom stereocenters. The Morgan fingerprint density at radius 3 is 1.62 bits per heavy atom. The maximum atomic E-state index is 8.81. The minimum atomic E-state index is -4.92. The highest BCUT2D eigenvalue weighted by Gasteiger charge is 1.67. The Labute approximate surface area is 46.9 Å². The van der Waals surface area contributed by atoms with Crippen LogP contribution in [0, 0.1) is 0 Å². The number of aldehydes is 1. The zero-order chi connectivity index (χ0) is 7.21. The monoisotopic (exact) mass is 141 g/mol. The standard InChI is InChI=1S/C2H4O.H2O4S/c1-2-3;1-5(2,3)4/h2H,1H3;(H2,1,2,3,4)/p-1. The lowest BCUT2D eigenvalue weighted by Gasteiger charge is -1.88. The summed E-state index contributed by atoms with van der Waals surface area (Å²) in [4.78, 5) is 8.81. The molecule has 8 heavy (non-hydrogen) atoms. The number of hydrogen-bond donors (Lipinski definition) is 1. The molecule has 5 nitrogen and oxygen atoms in total. The molecule has 0 bridgehead atoms. The molecule has 0 aromatic carbocycles. The fraction of sp³-hybridized carbons (Fsp3) is 0.500. The molecule has 0 spiro atoms. The molecule has 0 aromatic rings. The van der Waals surface area contributed by atoms with Gasteiger partial charge in [-0.15, -0.1) is 0 Å². The first-order valence-electron chi connectivity index (χ1n) is 1.50. The van der Waals surface area contributed by atoms with Crippen molar-refractivity contribution in [1.29, 1.82) is 0 Å². The van der Waals surface area contributed by atoms with Crippen LogP contribution in [0.15, 0.2) is 0 Å². The van der Waals surface area contributed by atoms with Crippen molar-refractivity contribution in [3.63, 3.8) is 0 Å². The molecule has 6 heteroatoms. The first-order chi connectivity index (χ1) is 3.41. The average molecular weight is 141 g/mol. The van der Waals surface area contributed by atoms with Gasteiger partial charge in [0.15, 0.2) is 0 Å². The summed E-state index contributed by atoms with van der Waals surface area (Å²) in [5, 5.41) is 0. The van der Waals surface area contributed by atoms with E-state index in [1.165, 1.54) is 6.92 Å². The Morgan fingerprint density at radius 2 is 1.62 bits per heavy atom. The van der Waals surface area contributed by atoms with Crippen molar-refractivity contribution < 1.29 is 22.3 Å². The van der Waals surface area contributed by atoms with Crippen molar-refractivity contribution in [2.75, 3.05) is 0 Å². The highest BCUT2D eigenvalue weighted by Crippen LogP contribution is 1.58. The molecule has 0 aromatic heterocycles. The van der Waals surface area contributed by atoms with Crippen LogP contribution in [0.1, 0.15) is 6.92 Å². The Morgan fingerprint density at radius 1 is 1.62 bits per heavy atom. The van der Waals surface area contributed by atoms with Crippen LogP contribution in [-0.4, -0.2) is 23.8 Å². The van der Waals surface area contributed by atoms with Gasteiger partial charge in [-0.2, -0.15) is 0 Å². The van der Waals surface area contributed by atoms with Crippen molar-refractivity contribution in [2.24, 2.45) is 0 Å². The van der Waals surface area contributed by atoms with Gasteiger partial charge in [0.05, 0.1) is 0 Å². The third-order valence-corrected chi connectivity index (χ3v) is 0. The number of rotatable bonds is 0. The molecule has 0 heterocycles. The Balaban J connectivity index is 0. The molecule has 50 valence electrons. The molecular formula is C2H5O5S-. The van der Waals surface area contributed by atoms with Crippen molar-refractivity contribution in [1.82, 2.24) is 0 Å². The van der Waals surface area contributed by atoms with Gasteiger partial charge >= 0.3 is 0 Å². The van der Waals surface area contributed by atoms with Gasteiger partial charge < -0.3 is 9.35 Å². The van der Waals surface area contributed by atoms with Crippen LogP contribution >= 0.6 is 0 Å². The fourth-order valence-electron chi connectivity index (χ4n) is 0. The van der Waals surface area contributed by atoms with Crippen LogP contribution in [0.5, 0.6) is 0 Å². The van der Waals surface area contributed by atoms with E-state index in [-0.39, 0.29) is 0 Å². The van der Waals surface area contributed by atoms with E-state index in [9.17, 15) is 0 Å². The second-order valence-electron chi connectivity index (χ2n) is 0.663. The molecule has 1 N–H and O–H groups in total. The molecular weight excluding hydrogens is 136 g/mol. The van der Waals surface area contributed by atoms with E-state index in [4.69, 9.17) is 22.3 Å². The average Bonchev–Trinajstić information content (AvgIpc) is 1.27. The molecule has 0 atom stereocenters. The smallest absolute Gasteiger partial charge is 0.215 e. The van der Waals surface area contributed by atoms with E-state index in [1.54, 1.807) is 0 Å². The van der Waals surface area contributed by atoms with E-state index in [0.29, 0.717) is 0 Å². The van der Waals surface area contributed by atoms with Gasteiger partial charge in [0.1, 0.15) is 6.29 Å². The quantitative estimate of drug-likeness (QED) is 0.271. The Kier molecular flexibility index (Phi) is 6.16. The third kappa shape index (κ3) is 540. The van der Waals surface area contributed by atoms with Gasteiger partial charge in [-0.3, -0.25) is 4.55 Å². The first kappa shape index (κ1) is 10.5. The van der Waals surface area contributed by atoms with E-state index in [2.05, 4.69) is 0 Å². The summed E-state index contributed by atoms with van der Waals surface area (Å²) in [7, 11) is -4.92. The fourth-order valence-corrected chi connectivity index (χ4v) is 0. The van der Waals surface area contributed by atoms with E-state index in [0.717, 1.165) is 6.29 Å². The van der Waals surface area contributed by atoms with Crippen molar-refractivity contribution in [2.45, 2.75) is 6.92 Å². The number of carbonyl (C=O) groups excluding carboxylic acids is 1. The van der Waals surface area contributed by atoms with Crippen LogP contribution in [0.2, 0.25) is 0 Å². The second-order valence-corrected chi connectivity index (χ2v) is 1.52. The van der Waals surface area contributed by atoms with Crippen molar-refractivity contribution in [3.05, 3.63) is 0 Å². The second kappa shape index (κ2) is 4.69. The van der Waals surface area contributed by atoms with Crippen LogP contribution in [-0.2, 0) is 15.2 Å². The van der Waals surface area contributed by atoms with Crippen molar-refractivity contribution in [3.8, 4) is 0 Å². The summed E-state index contributed by atoms with van der Waals surface area (Å²) in [5.74, 6) is 0. The van der Waals surface area contributed by atoms with E-state index < -0.39 is 10.4 Å². The summed E-state index contributed by atoms with van der Waals surface area (Å²) in [6.07, 6.45) is 0.750. The zero-order valence-electron chi connectivity index (χ0n) is 4.07. The lowest BCUT2D eigenvalue weighted by Crippen LogP contribution is -1.90. The highest BCUT2D eigenvalue weighted by molar-refractivity contribution is 7.79. The van der Waals surface area contributed by atoms with Gasteiger partial charge in [0, 0.05) is 0 Å². The SMILES string of the molecule is CC=O.O=S(=O)([O-])O. The zero-order valence-corrected chi connectivity index (χ0v) is 4.88. The number of hydrogen-bond acceptors (Lipinski definition) is 4. The predicted molar refractivity (Wildman–Crippen MR) is 24.1 cm³/mol. The van der Waals surface area contributed by atoms with Gasteiger partial charge in [-0.25, -0.2) is 8.42 Å². The summed E-state index contributed by atoms with van der Waals surface area (Å²) in [6, 6.07) is 0. The molecule has 0 saturated carbocycles. The first-order valence-corrected chi connectivity index (χ1v) is 2.86. The normalized spacial score (nSPS) is 8.88. The van der Waals surface area contributed by atoms with Crippen LogP contribution in [0.3, 0.4) is 0 Å². The van der Waals surface area contributed by atoms with Crippen LogP contribution in [0.25, 0.3) is 0 Å². The molecule has 0 radical (unpaired) electrons. The maximum absolute atomic E-state index is 8.81. The lowest BCUT2D eigenvalue weighted by atomic mass is 11.0. The minimum Gasteiger partial charge on any atom is -0.726 e. The third-order valence-electron chi connectivity index (χ3n) is 0. The molecule has 0 aliphatic carbocycles. The van der Waals surface area contributed by atoms with Crippen molar-refractivity contribution >= 4 is 16.7 Å². The van der Waals surface area contributed by atoms with Gasteiger partial charge in [0.25, 0.3) is 0 Å². The molecule has 0 aliphatic heterocycles. The molecule has 0 aliphatic rings. The maximum Gasteiger partial charge on any atom is 0.215 e. The summed E-state index contributed by atoms with van der Waals surface area (Å²) < 4.78 is 32.8. The van der Waals surface area contributed by atoms with Gasteiger partial charge in [-0.1, -0.05) is 0 Å². The summed E-state index contributed by atoms with van der Waals surface area (Å²) in [6.45, 7) is 1.44.